The van der Waals surface area contributed by atoms with E-state index in [0.717, 1.165) is 11.1 Å². The molecule has 3 aromatic rings. The Hall–Kier alpha value is -3.66. The number of aryl methyl sites for hydroxylation is 1. The standard InChI is InChI=1S/C24H23N3O6S/c1-13-22(29)17-9-19-18(32-12-33-19)7-15(17)8-20(34-13)23(30)25-16-5-3-14(4-6-16)10-27-21(28)11-26(2)24(27)31/h3-7,9,11,13,20,28H,8,10,12H2,1-2H3,(H,25,30)/t13-,20+/m0/s1. The Kier molecular flexibility index (Phi) is 5.60. The minimum Gasteiger partial charge on any atom is -0.493 e. The molecule has 5 rings (SSSR count). The number of nitrogens with zero attached hydrogens (tertiary/aromatic N) is 2. The second kappa shape index (κ2) is 8.60. The summed E-state index contributed by atoms with van der Waals surface area (Å²) in [4.78, 5) is 38.1. The summed E-state index contributed by atoms with van der Waals surface area (Å²) in [6.45, 7) is 2.14. The molecule has 176 valence electrons. The zero-order valence-electron chi connectivity index (χ0n) is 18.6. The fourth-order valence-electron chi connectivity index (χ4n) is 4.15. The lowest BCUT2D eigenvalue weighted by molar-refractivity contribution is -0.115. The van der Waals surface area contributed by atoms with Crippen molar-refractivity contribution in [2.45, 2.75) is 30.4 Å². The van der Waals surface area contributed by atoms with Crippen LogP contribution in [0.5, 0.6) is 17.4 Å². The first-order valence-corrected chi connectivity index (χ1v) is 11.7. The fourth-order valence-corrected chi connectivity index (χ4v) is 5.35. The molecule has 9 nitrogen and oxygen atoms in total. The van der Waals surface area contributed by atoms with Gasteiger partial charge in [0.25, 0.3) is 0 Å². The number of nitrogens with one attached hydrogen (secondary N) is 1. The second-order valence-corrected chi connectivity index (χ2v) is 9.90. The van der Waals surface area contributed by atoms with Crippen molar-refractivity contribution < 1.29 is 24.2 Å². The number of anilines is 1. The van der Waals surface area contributed by atoms with Gasteiger partial charge < -0.3 is 19.9 Å². The summed E-state index contributed by atoms with van der Waals surface area (Å²) in [6, 6.07) is 10.6. The Morgan fingerprint density at radius 2 is 1.88 bits per heavy atom. The van der Waals surface area contributed by atoms with E-state index in [9.17, 15) is 19.5 Å². The van der Waals surface area contributed by atoms with E-state index in [1.54, 1.807) is 43.4 Å². The molecule has 1 aromatic heterocycles. The number of hydrogen-bond donors (Lipinski definition) is 2. The van der Waals surface area contributed by atoms with Crippen LogP contribution < -0.4 is 20.5 Å². The molecular weight excluding hydrogens is 458 g/mol. The molecule has 0 fully saturated rings. The Morgan fingerprint density at radius 3 is 2.56 bits per heavy atom. The number of aromatic nitrogens is 2. The number of benzene rings is 2. The third-order valence-electron chi connectivity index (χ3n) is 5.98. The van der Waals surface area contributed by atoms with Crippen LogP contribution in [0.3, 0.4) is 0 Å². The number of carbonyl (C=O) groups excluding carboxylic acids is 2. The first-order valence-electron chi connectivity index (χ1n) is 10.8. The normalized spacial score (nSPS) is 18.9. The van der Waals surface area contributed by atoms with Gasteiger partial charge in [0.1, 0.15) is 0 Å². The largest absolute Gasteiger partial charge is 0.493 e. The molecule has 0 saturated carbocycles. The van der Waals surface area contributed by atoms with Crippen molar-refractivity contribution in [3.05, 3.63) is 69.8 Å². The third kappa shape index (κ3) is 4.05. The van der Waals surface area contributed by atoms with E-state index in [4.69, 9.17) is 9.47 Å². The van der Waals surface area contributed by atoms with Gasteiger partial charge in [0.15, 0.2) is 17.3 Å². The number of fused-ring (bicyclic) bond motifs is 2. The number of imidazole rings is 1. The van der Waals surface area contributed by atoms with Gasteiger partial charge in [-0.1, -0.05) is 12.1 Å². The van der Waals surface area contributed by atoms with Crippen LogP contribution in [-0.2, 0) is 24.8 Å². The van der Waals surface area contributed by atoms with Crippen molar-refractivity contribution in [2.75, 3.05) is 12.1 Å². The third-order valence-corrected chi connectivity index (χ3v) is 7.31. The lowest BCUT2D eigenvalue weighted by Crippen LogP contribution is -2.28. The first kappa shape index (κ1) is 22.1. The van der Waals surface area contributed by atoms with Gasteiger partial charge in [0, 0.05) is 18.3 Å². The van der Waals surface area contributed by atoms with Crippen molar-refractivity contribution >= 4 is 29.1 Å². The van der Waals surface area contributed by atoms with Gasteiger partial charge in [-0.05, 0) is 48.7 Å². The van der Waals surface area contributed by atoms with Crippen molar-refractivity contribution in [3.63, 3.8) is 0 Å². The molecule has 34 heavy (non-hydrogen) atoms. The van der Waals surface area contributed by atoms with E-state index in [0.29, 0.717) is 29.2 Å². The highest BCUT2D eigenvalue weighted by Crippen LogP contribution is 2.39. The number of ketones is 1. The fraction of sp³-hybridized carbons (Fsp3) is 0.292. The summed E-state index contributed by atoms with van der Waals surface area (Å²) in [7, 11) is 1.57. The lowest BCUT2D eigenvalue weighted by Gasteiger charge is -2.16. The average molecular weight is 482 g/mol. The quantitative estimate of drug-likeness (QED) is 0.589. The van der Waals surface area contributed by atoms with Crippen LogP contribution in [0.1, 0.15) is 28.4 Å². The molecule has 3 heterocycles. The van der Waals surface area contributed by atoms with Gasteiger partial charge in [0.05, 0.1) is 23.2 Å². The number of thioether (sulfide) groups is 1. The topological polar surface area (TPSA) is 112 Å². The molecule has 0 unspecified atom stereocenters. The van der Waals surface area contributed by atoms with Gasteiger partial charge in [0.2, 0.25) is 18.6 Å². The Labute approximate surface area is 199 Å². The average Bonchev–Trinajstić information content (AvgIpc) is 3.33. The van der Waals surface area contributed by atoms with Crippen molar-refractivity contribution in [3.8, 4) is 17.4 Å². The predicted octanol–water partition coefficient (Wildman–Crippen LogP) is 2.54. The number of Topliss-reactive ketones (excluding diaryl/α,β-unsaturated/α-hetero) is 1. The van der Waals surface area contributed by atoms with Gasteiger partial charge in [-0.3, -0.25) is 18.7 Å². The molecular formula is C24H23N3O6S. The predicted molar refractivity (Wildman–Crippen MR) is 127 cm³/mol. The summed E-state index contributed by atoms with van der Waals surface area (Å²) in [6.07, 6.45) is 1.76. The second-order valence-electron chi connectivity index (χ2n) is 8.35. The van der Waals surface area contributed by atoms with E-state index >= 15 is 0 Å². The van der Waals surface area contributed by atoms with E-state index in [2.05, 4.69) is 5.32 Å². The maximum Gasteiger partial charge on any atom is 0.331 e. The molecule has 2 aliphatic heterocycles. The molecule has 1 amide bonds. The zero-order valence-corrected chi connectivity index (χ0v) is 19.4. The van der Waals surface area contributed by atoms with Crippen molar-refractivity contribution in [1.29, 1.82) is 0 Å². The van der Waals surface area contributed by atoms with Crippen LogP contribution in [-0.4, -0.2) is 43.2 Å². The Bertz CT molecular complexity index is 1340. The summed E-state index contributed by atoms with van der Waals surface area (Å²) in [5.41, 5.74) is 2.44. The molecule has 0 saturated heterocycles. The summed E-state index contributed by atoms with van der Waals surface area (Å²) < 4.78 is 13.4. The molecule has 2 aromatic carbocycles. The van der Waals surface area contributed by atoms with Crippen LogP contribution in [0, 0.1) is 0 Å². The van der Waals surface area contributed by atoms with Crippen molar-refractivity contribution in [2.24, 2.45) is 7.05 Å². The molecule has 0 spiro atoms. The number of hydrogen-bond acceptors (Lipinski definition) is 7. The maximum absolute atomic E-state index is 13.1. The Morgan fingerprint density at radius 1 is 1.18 bits per heavy atom. The summed E-state index contributed by atoms with van der Waals surface area (Å²) in [5.74, 6) is 0.807. The Balaban J connectivity index is 1.31. The lowest BCUT2D eigenvalue weighted by atomic mass is 9.97. The van der Waals surface area contributed by atoms with Crippen LogP contribution in [0.4, 0.5) is 5.69 Å². The minimum absolute atomic E-state index is 0.0302. The summed E-state index contributed by atoms with van der Waals surface area (Å²) >= 11 is 1.34. The number of ether oxygens (including phenoxy) is 2. The number of aromatic hydroxyl groups is 1. The van der Waals surface area contributed by atoms with Crippen LogP contribution in [0.2, 0.25) is 0 Å². The number of carbonyl (C=O) groups is 2. The highest BCUT2D eigenvalue weighted by Gasteiger charge is 2.33. The van der Waals surface area contributed by atoms with Gasteiger partial charge >= 0.3 is 5.69 Å². The van der Waals surface area contributed by atoms with Gasteiger partial charge in [-0.15, -0.1) is 11.8 Å². The van der Waals surface area contributed by atoms with E-state index in [1.165, 1.54) is 27.1 Å². The van der Waals surface area contributed by atoms with Crippen LogP contribution in [0.25, 0.3) is 0 Å². The van der Waals surface area contributed by atoms with Gasteiger partial charge in [-0.25, -0.2) is 4.79 Å². The molecule has 2 N–H and O–H groups in total. The number of rotatable bonds is 4. The molecule has 0 radical (unpaired) electrons. The number of amides is 1. The summed E-state index contributed by atoms with van der Waals surface area (Å²) in [5, 5.41) is 12.0. The van der Waals surface area contributed by atoms with Crippen molar-refractivity contribution in [1.82, 2.24) is 9.13 Å². The SMILES string of the molecule is C[C@@H]1S[C@@H](C(=O)Nc2ccc(Cn3c(O)cn(C)c3=O)cc2)Cc2cc3c(cc2C1=O)OCO3. The molecule has 10 heteroatoms. The van der Waals surface area contributed by atoms with E-state index in [-0.39, 0.29) is 41.8 Å². The van der Waals surface area contributed by atoms with Gasteiger partial charge in [-0.2, -0.15) is 0 Å². The minimum atomic E-state index is -0.458. The first-order chi connectivity index (χ1) is 16.3. The van der Waals surface area contributed by atoms with E-state index < -0.39 is 5.25 Å². The van der Waals surface area contributed by atoms with Crippen LogP contribution in [0.15, 0.2) is 47.4 Å². The smallest absolute Gasteiger partial charge is 0.331 e. The highest BCUT2D eigenvalue weighted by molar-refractivity contribution is 8.01. The molecule has 2 aliphatic rings. The van der Waals surface area contributed by atoms with E-state index in [1.807, 2.05) is 6.92 Å². The molecule has 0 aliphatic carbocycles. The molecule has 2 atom stereocenters. The van der Waals surface area contributed by atoms with Crippen LogP contribution >= 0.6 is 11.8 Å². The molecule has 0 bridgehead atoms. The highest BCUT2D eigenvalue weighted by atomic mass is 32.2. The zero-order chi connectivity index (χ0) is 24.0. The maximum atomic E-state index is 13.1. The monoisotopic (exact) mass is 481 g/mol.